The quantitative estimate of drug-likeness (QED) is 0.661. The maximum atomic E-state index is 10.2. The lowest BCUT2D eigenvalue weighted by atomic mass is 10.0. The molecule has 5 heteroatoms. The van der Waals surface area contributed by atoms with Gasteiger partial charge in [-0.25, -0.2) is 0 Å². The van der Waals surface area contributed by atoms with Crippen LogP contribution < -0.4 is 5.32 Å². The van der Waals surface area contributed by atoms with Crippen molar-refractivity contribution in [1.82, 2.24) is 15.1 Å². The van der Waals surface area contributed by atoms with Crippen LogP contribution >= 0.6 is 0 Å². The van der Waals surface area contributed by atoms with Crippen molar-refractivity contribution >= 4 is 0 Å². The van der Waals surface area contributed by atoms with Gasteiger partial charge in [0, 0.05) is 30.9 Å². The fourth-order valence-corrected chi connectivity index (χ4v) is 2.41. The van der Waals surface area contributed by atoms with E-state index in [2.05, 4.69) is 17.3 Å². The number of aliphatic hydroxyl groups excluding tert-OH is 2. The first-order chi connectivity index (χ1) is 10.7. The predicted molar refractivity (Wildman–Crippen MR) is 86.3 cm³/mol. The Morgan fingerprint density at radius 2 is 2.05 bits per heavy atom. The third-order valence-corrected chi connectivity index (χ3v) is 3.65. The van der Waals surface area contributed by atoms with Crippen LogP contribution in [0.3, 0.4) is 0 Å². The topological polar surface area (TPSA) is 70.3 Å². The Bertz CT molecular complexity index is 542. The van der Waals surface area contributed by atoms with Gasteiger partial charge in [0.05, 0.1) is 18.9 Å². The Morgan fingerprint density at radius 1 is 1.27 bits per heavy atom. The zero-order valence-electron chi connectivity index (χ0n) is 13.0. The van der Waals surface area contributed by atoms with E-state index in [-0.39, 0.29) is 12.6 Å². The van der Waals surface area contributed by atoms with Crippen LogP contribution in [0.1, 0.15) is 37.0 Å². The van der Waals surface area contributed by atoms with E-state index < -0.39 is 6.10 Å². The summed E-state index contributed by atoms with van der Waals surface area (Å²) >= 11 is 0. The maximum Gasteiger partial charge on any atom is 0.0805 e. The molecule has 22 heavy (non-hydrogen) atoms. The largest absolute Gasteiger partial charge is 0.395 e. The Kier molecular flexibility index (Phi) is 6.58. The minimum absolute atomic E-state index is 0.00695. The van der Waals surface area contributed by atoms with Crippen molar-refractivity contribution in [1.29, 1.82) is 0 Å². The summed E-state index contributed by atoms with van der Waals surface area (Å²) in [5.41, 5.74) is 1.96. The van der Waals surface area contributed by atoms with Gasteiger partial charge in [-0.15, -0.1) is 0 Å². The van der Waals surface area contributed by atoms with E-state index in [0.717, 1.165) is 24.1 Å². The van der Waals surface area contributed by atoms with Gasteiger partial charge in [-0.05, 0) is 18.4 Å². The van der Waals surface area contributed by atoms with Crippen molar-refractivity contribution in [2.75, 3.05) is 6.61 Å². The van der Waals surface area contributed by atoms with Gasteiger partial charge < -0.3 is 15.5 Å². The monoisotopic (exact) mass is 303 g/mol. The normalized spacial score (nSPS) is 14.0. The van der Waals surface area contributed by atoms with Crippen molar-refractivity contribution in [2.24, 2.45) is 0 Å². The highest BCUT2D eigenvalue weighted by atomic mass is 16.3. The standard InChI is InChI=1S/C17H25N3O2/c1-2-8-20-12-14(11-19-20)10-18-16(13-21)9-17(22)15-6-4-3-5-7-15/h3-7,11-12,16-18,21-22H,2,8-10,13H2,1H3/t16-,17-/m0/s1. The van der Waals surface area contributed by atoms with Crippen LogP contribution in [0.15, 0.2) is 42.7 Å². The molecule has 0 aliphatic carbocycles. The van der Waals surface area contributed by atoms with Crippen LogP contribution in [0.5, 0.6) is 0 Å². The molecule has 0 aliphatic rings. The van der Waals surface area contributed by atoms with Crippen LogP contribution in [0.4, 0.5) is 0 Å². The molecule has 2 aromatic rings. The number of benzene rings is 1. The zero-order valence-corrected chi connectivity index (χ0v) is 13.0. The highest BCUT2D eigenvalue weighted by Crippen LogP contribution is 2.18. The zero-order chi connectivity index (χ0) is 15.8. The first kappa shape index (κ1) is 16.7. The highest BCUT2D eigenvalue weighted by Gasteiger charge is 2.15. The SMILES string of the molecule is CCCn1cc(CN[C@H](CO)C[C@H](O)c2ccccc2)cn1. The van der Waals surface area contributed by atoms with Crippen LogP contribution in [-0.4, -0.2) is 32.6 Å². The molecule has 1 aromatic carbocycles. The van der Waals surface area contributed by atoms with Crippen LogP contribution in [0.2, 0.25) is 0 Å². The smallest absolute Gasteiger partial charge is 0.0805 e. The second kappa shape index (κ2) is 8.68. The molecule has 3 N–H and O–H groups in total. The third-order valence-electron chi connectivity index (χ3n) is 3.65. The predicted octanol–water partition coefficient (Wildman–Crippen LogP) is 1.87. The van der Waals surface area contributed by atoms with E-state index in [1.165, 1.54) is 0 Å². The molecule has 1 aromatic heterocycles. The molecule has 0 aliphatic heterocycles. The molecule has 0 saturated heterocycles. The molecule has 0 spiro atoms. The van der Waals surface area contributed by atoms with E-state index in [0.29, 0.717) is 13.0 Å². The van der Waals surface area contributed by atoms with Crippen molar-refractivity contribution in [2.45, 2.75) is 45.0 Å². The lowest BCUT2D eigenvalue weighted by Crippen LogP contribution is -2.33. The van der Waals surface area contributed by atoms with E-state index in [1.807, 2.05) is 47.4 Å². The first-order valence-electron chi connectivity index (χ1n) is 7.81. The van der Waals surface area contributed by atoms with E-state index >= 15 is 0 Å². The summed E-state index contributed by atoms with van der Waals surface area (Å²) in [4.78, 5) is 0. The number of hydrogen-bond donors (Lipinski definition) is 3. The third kappa shape index (κ3) is 4.94. The van der Waals surface area contributed by atoms with Crippen LogP contribution in [0, 0.1) is 0 Å². The van der Waals surface area contributed by atoms with E-state index in [9.17, 15) is 10.2 Å². The molecule has 120 valence electrons. The summed E-state index contributed by atoms with van der Waals surface area (Å²) in [5, 5.41) is 27.3. The second-order valence-electron chi connectivity index (χ2n) is 5.53. The molecule has 0 amide bonds. The van der Waals surface area contributed by atoms with Gasteiger partial charge in [-0.2, -0.15) is 5.10 Å². The molecular weight excluding hydrogens is 278 g/mol. The number of rotatable bonds is 9. The van der Waals surface area contributed by atoms with Gasteiger partial charge in [0.2, 0.25) is 0 Å². The summed E-state index contributed by atoms with van der Waals surface area (Å²) < 4.78 is 1.92. The lowest BCUT2D eigenvalue weighted by molar-refractivity contribution is 0.129. The Hall–Kier alpha value is -1.69. The Morgan fingerprint density at radius 3 is 2.73 bits per heavy atom. The van der Waals surface area contributed by atoms with Gasteiger partial charge in [0.1, 0.15) is 0 Å². The summed E-state index contributed by atoms with van der Waals surface area (Å²) in [5.74, 6) is 0. The van der Waals surface area contributed by atoms with Crippen molar-refractivity contribution in [3.63, 3.8) is 0 Å². The maximum absolute atomic E-state index is 10.2. The summed E-state index contributed by atoms with van der Waals surface area (Å²) in [7, 11) is 0. The number of aryl methyl sites for hydroxylation is 1. The molecular formula is C17H25N3O2. The summed E-state index contributed by atoms with van der Waals surface area (Å²) in [6.07, 6.45) is 4.80. The molecule has 2 atom stereocenters. The number of hydrogen-bond acceptors (Lipinski definition) is 4. The number of nitrogens with one attached hydrogen (secondary N) is 1. The Balaban J connectivity index is 1.83. The minimum atomic E-state index is -0.575. The van der Waals surface area contributed by atoms with Gasteiger partial charge in [-0.3, -0.25) is 4.68 Å². The van der Waals surface area contributed by atoms with Crippen LogP contribution in [-0.2, 0) is 13.1 Å². The minimum Gasteiger partial charge on any atom is -0.395 e. The van der Waals surface area contributed by atoms with Gasteiger partial charge in [0.25, 0.3) is 0 Å². The Labute approximate surface area is 131 Å². The molecule has 1 heterocycles. The molecule has 0 radical (unpaired) electrons. The highest BCUT2D eigenvalue weighted by molar-refractivity contribution is 5.17. The molecule has 0 bridgehead atoms. The van der Waals surface area contributed by atoms with Gasteiger partial charge in [0.15, 0.2) is 0 Å². The fraction of sp³-hybridized carbons (Fsp3) is 0.471. The lowest BCUT2D eigenvalue weighted by Gasteiger charge is -2.19. The van der Waals surface area contributed by atoms with E-state index in [4.69, 9.17) is 0 Å². The summed E-state index contributed by atoms with van der Waals surface area (Å²) in [6.45, 7) is 3.66. The first-order valence-corrected chi connectivity index (χ1v) is 7.81. The van der Waals surface area contributed by atoms with E-state index in [1.54, 1.807) is 0 Å². The van der Waals surface area contributed by atoms with Crippen LogP contribution in [0.25, 0.3) is 0 Å². The molecule has 0 saturated carbocycles. The van der Waals surface area contributed by atoms with Crippen molar-refractivity contribution < 1.29 is 10.2 Å². The van der Waals surface area contributed by atoms with Crippen molar-refractivity contribution in [3.8, 4) is 0 Å². The second-order valence-corrected chi connectivity index (χ2v) is 5.53. The average Bonchev–Trinajstić information content (AvgIpc) is 3.00. The molecule has 2 rings (SSSR count). The summed E-state index contributed by atoms with van der Waals surface area (Å²) in [6, 6.07) is 9.38. The average molecular weight is 303 g/mol. The molecule has 0 unspecified atom stereocenters. The number of nitrogens with zero attached hydrogens (tertiary/aromatic N) is 2. The molecule has 5 nitrogen and oxygen atoms in total. The fourth-order valence-electron chi connectivity index (χ4n) is 2.41. The number of aromatic nitrogens is 2. The van der Waals surface area contributed by atoms with Gasteiger partial charge in [-0.1, -0.05) is 37.3 Å². The molecule has 0 fully saturated rings. The van der Waals surface area contributed by atoms with Gasteiger partial charge >= 0.3 is 0 Å². The number of aliphatic hydroxyl groups is 2. The van der Waals surface area contributed by atoms with Crippen molar-refractivity contribution in [3.05, 3.63) is 53.9 Å².